The van der Waals surface area contributed by atoms with Gasteiger partial charge in [-0.05, 0) is 24.0 Å². The summed E-state index contributed by atoms with van der Waals surface area (Å²) in [7, 11) is 0. The van der Waals surface area contributed by atoms with Crippen molar-refractivity contribution in [3.63, 3.8) is 0 Å². The number of aryl methyl sites for hydroxylation is 1. The molecule has 1 aliphatic carbocycles. The van der Waals surface area contributed by atoms with E-state index in [2.05, 4.69) is 6.92 Å². The Morgan fingerprint density at radius 1 is 0.724 bits per heavy atom. The van der Waals surface area contributed by atoms with Gasteiger partial charge in [0.05, 0.1) is 0 Å². The van der Waals surface area contributed by atoms with Gasteiger partial charge in [0.15, 0.2) is 17.3 Å². The van der Waals surface area contributed by atoms with E-state index in [4.69, 9.17) is 0 Å². The SMILES string of the molecule is CCc1ccc(CC2(CC(=O)c3ccccc3)C(=O)c3ccccc3C2=O)cc1. The maximum atomic E-state index is 13.5. The molecule has 29 heavy (non-hydrogen) atoms. The first kappa shape index (κ1) is 19.0. The zero-order valence-corrected chi connectivity index (χ0v) is 16.4. The molecule has 0 aliphatic heterocycles. The number of rotatable bonds is 6. The highest BCUT2D eigenvalue weighted by Crippen LogP contribution is 2.43. The van der Waals surface area contributed by atoms with Crippen LogP contribution >= 0.6 is 0 Å². The fourth-order valence-corrected chi connectivity index (χ4v) is 4.12. The monoisotopic (exact) mass is 382 g/mol. The minimum atomic E-state index is -1.38. The molecule has 4 rings (SSSR count). The first-order valence-corrected chi connectivity index (χ1v) is 9.90. The molecule has 3 aromatic rings. The smallest absolute Gasteiger partial charge is 0.178 e. The molecule has 0 unspecified atom stereocenters. The molecule has 0 bridgehead atoms. The molecule has 0 saturated carbocycles. The van der Waals surface area contributed by atoms with Gasteiger partial charge >= 0.3 is 0 Å². The Morgan fingerprint density at radius 2 is 1.24 bits per heavy atom. The minimum Gasteiger partial charge on any atom is -0.294 e. The van der Waals surface area contributed by atoms with Gasteiger partial charge in [-0.15, -0.1) is 0 Å². The first-order chi connectivity index (χ1) is 14.0. The van der Waals surface area contributed by atoms with Crippen LogP contribution in [-0.4, -0.2) is 17.3 Å². The molecular weight excluding hydrogens is 360 g/mol. The van der Waals surface area contributed by atoms with E-state index in [9.17, 15) is 14.4 Å². The maximum absolute atomic E-state index is 13.5. The second-order valence-electron chi connectivity index (χ2n) is 7.60. The van der Waals surface area contributed by atoms with E-state index < -0.39 is 5.41 Å². The first-order valence-electron chi connectivity index (χ1n) is 9.90. The molecule has 144 valence electrons. The molecule has 0 heterocycles. The Morgan fingerprint density at radius 3 is 1.79 bits per heavy atom. The summed E-state index contributed by atoms with van der Waals surface area (Å²) in [4.78, 5) is 39.9. The van der Waals surface area contributed by atoms with Crippen LogP contribution in [0.4, 0.5) is 0 Å². The summed E-state index contributed by atoms with van der Waals surface area (Å²) in [5.41, 5.74) is 2.05. The number of ketones is 3. The van der Waals surface area contributed by atoms with Crippen molar-refractivity contribution in [2.45, 2.75) is 26.2 Å². The summed E-state index contributed by atoms with van der Waals surface area (Å²) in [6.07, 6.45) is 1.02. The third-order valence-electron chi connectivity index (χ3n) is 5.78. The standard InChI is InChI=1S/C26H22O3/c1-2-18-12-14-19(15-13-18)16-26(17-23(27)20-8-4-3-5-9-20)24(28)21-10-6-7-11-22(21)25(26)29/h3-15H,2,16-17H2,1H3. The van der Waals surface area contributed by atoms with Crippen LogP contribution in [0.3, 0.4) is 0 Å². The van der Waals surface area contributed by atoms with Crippen LogP contribution in [0.2, 0.25) is 0 Å². The van der Waals surface area contributed by atoms with Crippen LogP contribution in [0.25, 0.3) is 0 Å². The molecule has 3 nitrogen and oxygen atoms in total. The summed E-state index contributed by atoms with van der Waals surface area (Å²) in [5, 5.41) is 0. The van der Waals surface area contributed by atoms with Crippen molar-refractivity contribution in [2.24, 2.45) is 5.41 Å². The average molecular weight is 382 g/mol. The van der Waals surface area contributed by atoms with E-state index in [-0.39, 0.29) is 30.2 Å². The van der Waals surface area contributed by atoms with Gasteiger partial charge < -0.3 is 0 Å². The quantitative estimate of drug-likeness (QED) is 0.439. The highest BCUT2D eigenvalue weighted by atomic mass is 16.2. The molecular formula is C26H22O3. The molecule has 0 spiro atoms. The molecule has 1 aliphatic rings. The summed E-state index contributed by atoms with van der Waals surface area (Å²) in [6, 6.07) is 23.7. The largest absolute Gasteiger partial charge is 0.294 e. The van der Waals surface area contributed by atoms with Crippen LogP contribution in [0.5, 0.6) is 0 Å². The zero-order chi connectivity index (χ0) is 20.4. The van der Waals surface area contributed by atoms with Gasteiger partial charge in [-0.25, -0.2) is 0 Å². The van der Waals surface area contributed by atoms with Crippen molar-refractivity contribution in [1.82, 2.24) is 0 Å². The zero-order valence-electron chi connectivity index (χ0n) is 16.4. The number of hydrogen-bond donors (Lipinski definition) is 0. The van der Waals surface area contributed by atoms with E-state index in [1.807, 2.05) is 30.3 Å². The van der Waals surface area contributed by atoms with Crippen LogP contribution in [-0.2, 0) is 12.8 Å². The maximum Gasteiger partial charge on any atom is 0.178 e. The number of benzene rings is 3. The third kappa shape index (κ3) is 3.33. The van der Waals surface area contributed by atoms with Crippen molar-refractivity contribution in [3.05, 3.63) is 107 Å². The average Bonchev–Trinajstić information content (AvgIpc) is 2.97. The van der Waals surface area contributed by atoms with Crippen molar-refractivity contribution >= 4 is 17.3 Å². The van der Waals surface area contributed by atoms with Gasteiger partial charge in [0.25, 0.3) is 0 Å². The lowest BCUT2D eigenvalue weighted by molar-refractivity contribution is 0.0642. The van der Waals surface area contributed by atoms with Crippen LogP contribution < -0.4 is 0 Å². The summed E-state index contributed by atoms with van der Waals surface area (Å²) < 4.78 is 0. The number of fused-ring (bicyclic) bond motifs is 1. The van der Waals surface area contributed by atoms with Crippen molar-refractivity contribution in [2.75, 3.05) is 0 Å². The lowest BCUT2D eigenvalue weighted by atomic mass is 9.72. The third-order valence-corrected chi connectivity index (χ3v) is 5.78. The van der Waals surface area contributed by atoms with Crippen molar-refractivity contribution in [3.8, 4) is 0 Å². The van der Waals surface area contributed by atoms with Gasteiger partial charge in [-0.3, -0.25) is 14.4 Å². The minimum absolute atomic E-state index is 0.126. The normalized spacial score (nSPS) is 14.7. The van der Waals surface area contributed by atoms with Gasteiger partial charge in [0.2, 0.25) is 0 Å². The van der Waals surface area contributed by atoms with Gasteiger partial charge in [0, 0.05) is 23.1 Å². The topological polar surface area (TPSA) is 51.2 Å². The van der Waals surface area contributed by atoms with Gasteiger partial charge in [0.1, 0.15) is 5.41 Å². The van der Waals surface area contributed by atoms with Crippen LogP contribution in [0.1, 0.15) is 55.5 Å². The lowest BCUT2D eigenvalue weighted by Crippen LogP contribution is -2.38. The summed E-state index contributed by atoms with van der Waals surface area (Å²) in [6.45, 7) is 2.08. The Balaban J connectivity index is 1.76. The summed E-state index contributed by atoms with van der Waals surface area (Å²) in [5.74, 6) is -0.686. The van der Waals surface area contributed by atoms with E-state index >= 15 is 0 Å². The second-order valence-corrected chi connectivity index (χ2v) is 7.60. The molecule has 0 N–H and O–H groups in total. The fourth-order valence-electron chi connectivity index (χ4n) is 4.12. The number of Topliss-reactive ketones (excluding diaryl/α,β-unsaturated/α-hetero) is 3. The second kappa shape index (κ2) is 7.59. The number of hydrogen-bond acceptors (Lipinski definition) is 3. The van der Waals surface area contributed by atoms with E-state index in [1.54, 1.807) is 48.5 Å². The van der Waals surface area contributed by atoms with E-state index in [0.29, 0.717) is 16.7 Å². The molecule has 0 fully saturated rings. The molecule has 0 atom stereocenters. The Bertz CT molecular complexity index is 1040. The fraction of sp³-hybridized carbons (Fsp3) is 0.192. The summed E-state index contributed by atoms with van der Waals surface area (Å²) >= 11 is 0. The molecule has 0 amide bonds. The van der Waals surface area contributed by atoms with Crippen molar-refractivity contribution < 1.29 is 14.4 Å². The van der Waals surface area contributed by atoms with Gasteiger partial charge in [-0.2, -0.15) is 0 Å². The highest BCUT2D eigenvalue weighted by Gasteiger charge is 2.53. The Hall–Kier alpha value is -3.33. The molecule has 3 heteroatoms. The van der Waals surface area contributed by atoms with Crippen LogP contribution in [0, 0.1) is 5.41 Å². The van der Waals surface area contributed by atoms with E-state index in [1.165, 1.54) is 5.56 Å². The molecule has 0 saturated heterocycles. The predicted molar refractivity (Wildman–Crippen MR) is 112 cm³/mol. The van der Waals surface area contributed by atoms with E-state index in [0.717, 1.165) is 12.0 Å². The van der Waals surface area contributed by atoms with Crippen LogP contribution in [0.15, 0.2) is 78.9 Å². The predicted octanol–water partition coefficient (Wildman–Crippen LogP) is 5.13. The van der Waals surface area contributed by atoms with Crippen molar-refractivity contribution in [1.29, 1.82) is 0 Å². The number of carbonyl (C=O) groups is 3. The molecule has 0 radical (unpaired) electrons. The molecule has 3 aromatic carbocycles. The molecule has 0 aromatic heterocycles. The lowest BCUT2D eigenvalue weighted by Gasteiger charge is -2.25. The highest BCUT2D eigenvalue weighted by molar-refractivity contribution is 6.31. The Kier molecular flexibility index (Phi) is 4.98. The Labute approximate surface area is 170 Å². The number of carbonyl (C=O) groups excluding carboxylic acids is 3. The van der Waals surface area contributed by atoms with Gasteiger partial charge in [-0.1, -0.05) is 85.8 Å².